The molecule has 2 aromatic carbocycles. The van der Waals surface area contributed by atoms with Gasteiger partial charge in [0.2, 0.25) is 0 Å². The van der Waals surface area contributed by atoms with Crippen LogP contribution in [0.3, 0.4) is 0 Å². The van der Waals surface area contributed by atoms with Crippen LogP contribution in [0.1, 0.15) is 43.2 Å². The summed E-state index contributed by atoms with van der Waals surface area (Å²) in [4.78, 5) is 15.0. The smallest absolute Gasteiger partial charge is 0.190 e. The largest absolute Gasteiger partial charge is 0.497 e. The third-order valence-corrected chi connectivity index (χ3v) is 8.80. The number of ether oxygens (including phenoxy) is 1. The normalized spacial score (nSPS) is 40.7. The molecular weight excluding hydrogens is 362 g/mol. The van der Waals surface area contributed by atoms with Crippen LogP contribution in [0.5, 0.6) is 5.75 Å². The van der Waals surface area contributed by atoms with Gasteiger partial charge in [0.1, 0.15) is 11.4 Å². The lowest BCUT2D eigenvalue weighted by atomic mass is 9.44. The van der Waals surface area contributed by atoms with Crippen molar-refractivity contribution < 1.29 is 14.5 Å². The molecule has 2 aliphatic heterocycles. The van der Waals surface area contributed by atoms with Gasteiger partial charge >= 0.3 is 0 Å². The molecule has 2 spiro atoms. The molecule has 5 fully saturated rings. The van der Waals surface area contributed by atoms with E-state index >= 15 is 0 Å². The highest BCUT2D eigenvalue weighted by Gasteiger charge is 2.77. The average Bonchev–Trinajstić information content (AvgIpc) is 2.73. The van der Waals surface area contributed by atoms with Crippen molar-refractivity contribution in [3.8, 4) is 5.75 Å². The molecule has 0 amide bonds. The lowest BCUT2D eigenvalue weighted by molar-refractivity contribution is -0.583. The predicted molar refractivity (Wildman–Crippen MR) is 110 cm³/mol. The number of methoxy groups -OCH3 is 1. The first-order valence-electron chi connectivity index (χ1n) is 11.1. The van der Waals surface area contributed by atoms with Crippen molar-refractivity contribution in [2.75, 3.05) is 19.1 Å². The molecule has 2 heterocycles. The molecule has 0 N–H and O–H groups in total. The topological polar surface area (TPSA) is 30.9 Å². The third-order valence-electron chi connectivity index (χ3n) is 8.80. The fourth-order valence-electron chi connectivity index (χ4n) is 7.88. The number of hydrogen-bond donors (Lipinski definition) is 0. The summed E-state index contributed by atoms with van der Waals surface area (Å²) in [7, 11) is 3.88. The highest BCUT2D eigenvalue weighted by atomic mass is 17.3. The molecule has 4 bridgehead atoms. The van der Waals surface area contributed by atoms with Crippen molar-refractivity contribution >= 4 is 11.4 Å². The van der Waals surface area contributed by atoms with E-state index < -0.39 is 5.60 Å². The van der Waals surface area contributed by atoms with Gasteiger partial charge in [0.25, 0.3) is 0 Å². The maximum atomic E-state index is 6.35. The van der Waals surface area contributed by atoms with Gasteiger partial charge in [0.05, 0.1) is 12.8 Å². The van der Waals surface area contributed by atoms with Crippen LogP contribution in [0.2, 0.25) is 0 Å². The first-order valence-corrected chi connectivity index (χ1v) is 11.1. The molecule has 1 unspecified atom stereocenters. The van der Waals surface area contributed by atoms with E-state index in [1.165, 1.54) is 54.6 Å². The lowest BCUT2D eigenvalue weighted by Crippen LogP contribution is -2.76. The third kappa shape index (κ3) is 1.76. The monoisotopic (exact) mass is 389 g/mol. The van der Waals surface area contributed by atoms with Gasteiger partial charge in [-0.3, -0.25) is 0 Å². The first kappa shape index (κ1) is 16.7. The van der Waals surface area contributed by atoms with E-state index in [1.807, 2.05) is 0 Å². The van der Waals surface area contributed by atoms with E-state index in [0.717, 1.165) is 17.6 Å². The van der Waals surface area contributed by atoms with Crippen molar-refractivity contribution in [2.45, 2.75) is 43.3 Å². The summed E-state index contributed by atoms with van der Waals surface area (Å²) in [5, 5.41) is 0. The highest BCUT2D eigenvalue weighted by molar-refractivity contribution is 5.79. The van der Waals surface area contributed by atoms with Crippen molar-refractivity contribution in [2.24, 2.45) is 23.7 Å². The summed E-state index contributed by atoms with van der Waals surface area (Å²) in [6.45, 7) is 0. The molecule has 1 saturated heterocycles. The van der Waals surface area contributed by atoms with E-state index in [2.05, 4.69) is 54.4 Å². The quantitative estimate of drug-likeness (QED) is 0.629. The van der Waals surface area contributed by atoms with Gasteiger partial charge in [-0.25, -0.2) is 9.78 Å². The summed E-state index contributed by atoms with van der Waals surface area (Å²) in [5.41, 5.74) is 4.13. The summed E-state index contributed by atoms with van der Waals surface area (Å²) < 4.78 is 5.57. The molecule has 0 aromatic heterocycles. The molecule has 1 atom stereocenters. The van der Waals surface area contributed by atoms with Crippen LogP contribution >= 0.6 is 0 Å². The number of anilines is 2. The zero-order chi connectivity index (χ0) is 19.4. The van der Waals surface area contributed by atoms with E-state index in [1.54, 1.807) is 7.11 Å². The summed E-state index contributed by atoms with van der Waals surface area (Å²) in [6, 6.07) is 15.2. The average molecular weight is 389 g/mol. The van der Waals surface area contributed by atoms with Crippen molar-refractivity contribution in [1.29, 1.82) is 0 Å². The van der Waals surface area contributed by atoms with Gasteiger partial charge in [-0.1, -0.05) is 18.2 Å². The molecular formula is C25H27NO3. The summed E-state index contributed by atoms with van der Waals surface area (Å²) in [5.74, 6) is 3.82. The molecule has 8 rings (SSSR count). The highest BCUT2D eigenvalue weighted by Crippen LogP contribution is 2.73. The van der Waals surface area contributed by atoms with E-state index in [4.69, 9.17) is 14.5 Å². The Kier molecular flexibility index (Phi) is 3.09. The lowest BCUT2D eigenvalue weighted by Gasteiger charge is -2.70. The maximum absolute atomic E-state index is 6.35. The molecule has 6 aliphatic rings. The van der Waals surface area contributed by atoms with Crippen LogP contribution in [0.4, 0.5) is 11.4 Å². The van der Waals surface area contributed by atoms with Crippen molar-refractivity contribution in [3.05, 3.63) is 53.6 Å². The second kappa shape index (κ2) is 5.35. The van der Waals surface area contributed by atoms with Gasteiger partial charge in [-0.15, -0.1) is 0 Å². The molecule has 29 heavy (non-hydrogen) atoms. The van der Waals surface area contributed by atoms with Crippen molar-refractivity contribution in [1.82, 2.24) is 0 Å². The van der Waals surface area contributed by atoms with E-state index in [0.29, 0.717) is 11.8 Å². The zero-order valence-corrected chi connectivity index (χ0v) is 17.1. The second-order valence-corrected chi connectivity index (χ2v) is 9.90. The Morgan fingerprint density at radius 1 is 0.862 bits per heavy atom. The predicted octanol–water partition coefficient (Wildman–Crippen LogP) is 5.18. The van der Waals surface area contributed by atoms with Crippen LogP contribution in [-0.2, 0) is 15.4 Å². The number of fused-ring (bicyclic) bond motifs is 4. The number of para-hydroxylation sites is 1. The molecule has 4 saturated carbocycles. The summed E-state index contributed by atoms with van der Waals surface area (Å²) in [6.07, 6.45) is 6.61. The van der Waals surface area contributed by atoms with E-state index in [9.17, 15) is 0 Å². The van der Waals surface area contributed by atoms with Gasteiger partial charge in [0, 0.05) is 29.9 Å². The number of rotatable bonds is 1. The Hall–Kier alpha value is -2.04. The van der Waals surface area contributed by atoms with Crippen LogP contribution in [-0.4, -0.2) is 19.8 Å². The standard InChI is InChI=1S/C25H27NO3/c1-26-22-6-4-3-5-20(22)25(21-8-7-19(27-2)14-23(21)26)24(28-29-25)17-10-15-9-16(12-17)13-18(24)11-15/h3-8,14-18H,9-13H2,1-2H3. The minimum absolute atomic E-state index is 0.235. The minimum Gasteiger partial charge on any atom is -0.497 e. The van der Waals surface area contributed by atoms with Gasteiger partial charge in [-0.05, 0) is 74.0 Å². The fraction of sp³-hybridized carbons (Fsp3) is 0.520. The van der Waals surface area contributed by atoms with Gasteiger partial charge in [-0.2, -0.15) is 0 Å². The van der Waals surface area contributed by atoms with Crippen LogP contribution in [0.15, 0.2) is 42.5 Å². The molecule has 4 heteroatoms. The van der Waals surface area contributed by atoms with Crippen LogP contribution < -0.4 is 9.64 Å². The van der Waals surface area contributed by atoms with E-state index in [-0.39, 0.29) is 5.60 Å². The van der Waals surface area contributed by atoms with Gasteiger partial charge < -0.3 is 9.64 Å². The number of nitrogens with zero attached hydrogens (tertiary/aromatic N) is 1. The molecule has 4 nitrogen and oxygen atoms in total. The number of benzene rings is 2. The fourth-order valence-corrected chi connectivity index (χ4v) is 7.88. The molecule has 0 radical (unpaired) electrons. The minimum atomic E-state index is -0.514. The molecule has 4 aliphatic carbocycles. The number of hydrogen-bond acceptors (Lipinski definition) is 4. The first-order chi connectivity index (χ1) is 14.2. The zero-order valence-electron chi connectivity index (χ0n) is 17.1. The second-order valence-electron chi connectivity index (χ2n) is 9.90. The Morgan fingerprint density at radius 3 is 2.21 bits per heavy atom. The maximum Gasteiger partial charge on any atom is 0.190 e. The Labute approximate surface area is 171 Å². The Morgan fingerprint density at radius 2 is 1.55 bits per heavy atom. The van der Waals surface area contributed by atoms with Crippen LogP contribution in [0, 0.1) is 23.7 Å². The SMILES string of the molecule is COc1ccc2c(c1)N(C)c1ccccc1C21OOC12C1CC3CC(C1)CC2C3. The molecule has 2 aromatic rings. The van der Waals surface area contributed by atoms with Crippen molar-refractivity contribution in [3.63, 3.8) is 0 Å². The van der Waals surface area contributed by atoms with Gasteiger partial charge in [0.15, 0.2) is 5.60 Å². The Bertz CT molecular complexity index is 989. The molecule has 150 valence electrons. The Balaban J connectivity index is 1.50. The summed E-state index contributed by atoms with van der Waals surface area (Å²) >= 11 is 0. The van der Waals surface area contributed by atoms with Crippen LogP contribution in [0.25, 0.3) is 0 Å².